The summed E-state index contributed by atoms with van der Waals surface area (Å²) in [5, 5.41) is 1.07. The minimum absolute atomic E-state index is 0.338. The third kappa shape index (κ3) is 2.57. The Morgan fingerprint density at radius 3 is 2.92 bits per heavy atom. The minimum atomic E-state index is 0.338. The van der Waals surface area contributed by atoms with Gasteiger partial charge in [0.25, 0.3) is 0 Å². The summed E-state index contributed by atoms with van der Waals surface area (Å²) in [5.41, 5.74) is 5.53. The highest BCUT2D eigenvalue weighted by molar-refractivity contribution is 7.10. The van der Waals surface area contributed by atoms with Gasteiger partial charge in [-0.05, 0) is 18.5 Å². The van der Waals surface area contributed by atoms with Crippen molar-refractivity contribution in [3.8, 4) is 0 Å². The molecule has 4 nitrogen and oxygen atoms in total. The van der Waals surface area contributed by atoms with Crippen molar-refractivity contribution in [3.05, 3.63) is 6.07 Å². The van der Waals surface area contributed by atoms with Crippen LogP contribution in [-0.2, 0) is 4.74 Å². The van der Waals surface area contributed by atoms with E-state index in [1.807, 2.05) is 13.1 Å². The van der Waals surface area contributed by atoms with Crippen LogP contribution in [0.4, 0.5) is 10.8 Å². The van der Waals surface area contributed by atoms with Gasteiger partial charge in [-0.25, -0.2) is 0 Å². The first kappa shape index (κ1) is 10.3. The first-order valence-electron chi connectivity index (χ1n) is 4.09. The molecular formula is C8H15N3OS. The van der Waals surface area contributed by atoms with Crippen LogP contribution in [-0.4, -0.2) is 31.2 Å². The van der Waals surface area contributed by atoms with Crippen LogP contribution in [0, 0.1) is 0 Å². The average Bonchev–Trinajstić information content (AvgIpc) is 2.51. The second kappa shape index (κ2) is 4.43. The van der Waals surface area contributed by atoms with Crippen LogP contribution in [0.2, 0.25) is 0 Å². The van der Waals surface area contributed by atoms with Gasteiger partial charge in [0.15, 0.2) is 0 Å². The van der Waals surface area contributed by atoms with Crippen LogP contribution in [0.5, 0.6) is 0 Å². The van der Waals surface area contributed by atoms with E-state index in [0.29, 0.717) is 18.5 Å². The smallest absolute Gasteiger partial charge is 0.139 e. The highest BCUT2D eigenvalue weighted by atomic mass is 32.1. The Morgan fingerprint density at radius 2 is 2.46 bits per heavy atom. The number of nitrogen functional groups attached to an aromatic ring is 1. The highest BCUT2D eigenvalue weighted by Crippen LogP contribution is 2.23. The van der Waals surface area contributed by atoms with E-state index in [2.05, 4.69) is 16.2 Å². The van der Waals surface area contributed by atoms with E-state index in [0.717, 1.165) is 5.00 Å². The van der Waals surface area contributed by atoms with Crippen molar-refractivity contribution in [1.29, 1.82) is 0 Å². The summed E-state index contributed by atoms with van der Waals surface area (Å²) in [4.78, 5) is 2.11. The molecule has 1 heterocycles. The second-order valence-corrected chi connectivity index (χ2v) is 3.79. The molecule has 1 atom stereocenters. The molecule has 1 unspecified atom stereocenters. The number of nitrogens with zero attached hydrogens (tertiary/aromatic N) is 2. The topological polar surface area (TPSA) is 51.4 Å². The van der Waals surface area contributed by atoms with Gasteiger partial charge in [-0.15, -0.1) is 0 Å². The Hall–Kier alpha value is -0.810. The molecule has 0 fully saturated rings. The standard InChI is InChI=1S/C8H15N3OS/c1-6(5-12-3)11(2)8-4-7(9)10-13-8/h4,6H,5H2,1-3H3,(H2,9,10). The number of aromatic nitrogens is 1. The lowest BCUT2D eigenvalue weighted by molar-refractivity contribution is 0.183. The summed E-state index contributed by atoms with van der Waals surface area (Å²) >= 11 is 1.41. The fourth-order valence-electron chi connectivity index (χ4n) is 1.02. The van der Waals surface area contributed by atoms with Crippen molar-refractivity contribution in [1.82, 2.24) is 4.37 Å². The summed E-state index contributed by atoms with van der Waals surface area (Å²) in [5.74, 6) is 0.580. The molecule has 0 aliphatic rings. The molecule has 0 bridgehead atoms. The first-order valence-corrected chi connectivity index (χ1v) is 4.86. The van der Waals surface area contributed by atoms with Gasteiger partial charge in [0.2, 0.25) is 0 Å². The Morgan fingerprint density at radius 1 is 1.77 bits per heavy atom. The van der Waals surface area contributed by atoms with Crippen LogP contribution in [0.3, 0.4) is 0 Å². The number of rotatable bonds is 4. The number of hydrogen-bond donors (Lipinski definition) is 1. The monoisotopic (exact) mass is 201 g/mol. The quantitative estimate of drug-likeness (QED) is 0.795. The molecule has 74 valence electrons. The zero-order valence-corrected chi connectivity index (χ0v) is 8.97. The van der Waals surface area contributed by atoms with Crippen molar-refractivity contribution in [3.63, 3.8) is 0 Å². The lowest BCUT2D eigenvalue weighted by Gasteiger charge is -2.23. The molecule has 0 aliphatic heterocycles. The third-order valence-electron chi connectivity index (χ3n) is 1.93. The molecule has 1 aromatic rings. The molecule has 5 heteroatoms. The highest BCUT2D eigenvalue weighted by Gasteiger charge is 2.11. The minimum Gasteiger partial charge on any atom is -0.383 e. The van der Waals surface area contributed by atoms with Gasteiger partial charge >= 0.3 is 0 Å². The molecule has 0 amide bonds. The van der Waals surface area contributed by atoms with E-state index < -0.39 is 0 Å². The number of methoxy groups -OCH3 is 1. The van der Waals surface area contributed by atoms with Crippen molar-refractivity contribution >= 4 is 22.4 Å². The van der Waals surface area contributed by atoms with Crippen molar-refractivity contribution in [2.24, 2.45) is 0 Å². The van der Waals surface area contributed by atoms with Crippen molar-refractivity contribution in [2.75, 3.05) is 31.4 Å². The summed E-state index contributed by atoms with van der Waals surface area (Å²) in [6, 6.07) is 2.21. The number of likely N-dealkylation sites (N-methyl/N-ethyl adjacent to an activating group) is 1. The fraction of sp³-hybridized carbons (Fsp3) is 0.625. The van der Waals surface area contributed by atoms with E-state index in [4.69, 9.17) is 10.5 Å². The van der Waals surface area contributed by atoms with Crippen LogP contribution >= 0.6 is 11.5 Å². The Labute approximate surface area is 82.5 Å². The molecule has 0 aromatic carbocycles. The van der Waals surface area contributed by atoms with Gasteiger partial charge in [-0.3, -0.25) is 0 Å². The predicted molar refractivity (Wildman–Crippen MR) is 56.3 cm³/mol. The van der Waals surface area contributed by atoms with E-state index in [9.17, 15) is 0 Å². The van der Waals surface area contributed by atoms with E-state index in [1.54, 1.807) is 7.11 Å². The molecule has 0 spiro atoms. The number of nitrogens with two attached hydrogens (primary N) is 1. The first-order chi connectivity index (χ1) is 6.15. The van der Waals surface area contributed by atoms with E-state index >= 15 is 0 Å². The molecule has 2 N–H and O–H groups in total. The Balaban J connectivity index is 2.61. The van der Waals surface area contributed by atoms with Crippen molar-refractivity contribution < 1.29 is 4.74 Å². The van der Waals surface area contributed by atoms with Gasteiger partial charge in [0.05, 0.1) is 6.61 Å². The molecule has 0 aliphatic carbocycles. The van der Waals surface area contributed by atoms with E-state index in [1.165, 1.54) is 11.5 Å². The third-order valence-corrected chi connectivity index (χ3v) is 2.83. The lowest BCUT2D eigenvalue weighted by atomic mass is 10.3. The maximum absolute atomic E-state index is 5.53. The Kier molecular flexibility index (Phi) is 3.50. The molecular weight excluding hydrogens is 186 g/mol. The zero-order chi connectivity index (χ0) is 9.84. The molecule has 0 saturated carbocycles. The van der Waals surface area contributed by atoms with Gasteiger partial charge < -0.3 is 15.4 Å². The summed E-state index contributed by atoms with van der Waals surface area (Å²) in [6.45, 7) is 2.80. The van der Waals surface area contributed by atoms with Crippen LogP contribution < -0.4 is 10.6 Å². The predicted octanol–water partition coefficient (Wildman–Crippen LogP) is 1.20. The maximum Gasteiger partial charge on any atom is 0.139 e. The number of ether oxygens (including phenoxy) is 1. The van der Waals surface area contributed by atoms with Gasteiger partial charge in [0, 0.05) is 26.3 Å². The molecule has 0 saturated heterocycles. The maximum atomic E-state index is 5.53. The molecule has 0 radical (unpaired) electrons. The average molecular weight is 201 g/mol. The SMILES string of the molecule is COCC(C)N(C)c1cc(N)ns1. The van der Waals surface area contributed by atoms with Gasteiger partial charge in [-0.2, -0.15) is 4.37 Å². The van der Waals surface area contributed by atoms with E-state index in [-0.39, 0.29) is 0 Å². The molecule has 13 heavy (non-hydrogen) atoms. The summed E-state index contributed by atoms with van der Waals surface area (Å²) in [6.07, 6.45) is 0. The van der Waals surface area contributed by atoms with Gasteiger partial charge in [0.1, 0.15) is 10.8 Å². The van der Waals surface area contributed by atoms with Gasteiger partial charge in [-0.1, -0.05) is 0 Å². The lowest BCUT2D eigenvalue weighted by Crippen LogP contribution is -2.31. The zero-order valence-electron chi connectivity index (χ0n) is 8.15. The molecule has 1 aromatic heterocycles. The number of anilines is 2. The van der Waals surface area contributed by atoms with Crippen LogP contribution in [0.1, 0.15) is 6.92 Å². The summed E-state index contributed by atoms with van der Waals surface area (Å²) in [7, 11) is 3.71. The Bertz CT molecular complexity index is 264. The van der Waals surface area contributed by atoms with Crippen molar-refractivity contribution in [2.45, 2.75) is 13.0 Å². The normalized spacial score (nSPS) is 12.8. The largest absolute Gasteiger partial charge is 0.383 e. The fourth-order valence-corrected chi connectivity index (χ4v) is 1.75. The number of hydrogen-bond acceptors (Lipinski definition) is 5. The van der Waals surface area contributed by atoms with Crippen LogP contribution in [0.15, 0.2) is 6.07 Å². The second-order valence-electron chi connectivity index (χ2n) is 3.01. The molecule has 1 rings (SSSR count). The summed E-state index contributed by atoms with van der Waals surface area (Å²) < 4.78 is 9.08. The van der Waals surface area contributed by atoms with Crippen LogP contribution in [0.25, 0.3) is 0 Å².